The van der Waals surface area contributed by atoms with Gasteiger partial charge in [-0.3, -0.25) is 0 Å². The zero-order valence-corrected chi connectivity index (χ0v) is 9.63. The molecule has 0 aliphatic carbocycles. The Kier molecular flexibility index (Phi) is 3.09. The predicted octanol–water partition coefficient (Wildman–Crippen LogP) is 4.62. The van der Waals surface area contributed by atoms with E-state index in [1.165, 1.54) is 12.1 Å². The summed E-state index contributed by atoms with van der Waals surface area (Å²) in [5.74, 6) is -0.698. The van der Waals surface area contributed by atoms with E-state index in [4.69, 9.17) is 11.6 Å². The topological polar surface area (TPSA) is 12.9 Å². The summed E-state index contributed by atoms with van der Waals surface area (Å²) >= 11 is 5.83. The van der Waals surface area contributed by atoms with E-state index >= 15 is 0 Å². The lowest BCUT2D eigenvalue weighted by Gasteiger charge is -2.00. The smallest absolute Gasteiger partial charge is 0.206 e. The average Bonchev–Trinajstić information content (AvgIpc) is 2.65. The molecule has 0 fully saturated rings. The summed E-state index contributed by atoms with van der Waals surface area (Å²) in [5, 5.41) is 0.178. The lowest BCUT2D eigenvalue weighted by Crippen LogP contribution is -2.00. The molecule has 0 radical (unpaired) electrons. The molecule has 0 saturated heterocycles. The quantitative estimate of drug-likeness (QED) is 0.695. The number of hydrogen-bond donors (Lipinski definition) is 0. The largest absolute Gasteiger partial charge is 0.427 e. The first-order chi connectivity index (χ1) is 7.88. The van der Waals surface area contributed by atoms with Gasteiger partial charge in [0.15, 0.2) is 0 Å². The van der Waals surface area contributed by atoms with Gasteiger partial charge < -0.3 is 0 Å². The Balaban J connectivity index is 2.44. The zero-order chi connectivity index (χ0) is 12.6. The van der Waals surface area contributed by atoms with E-state index in [0.29, 0.717) is 0 Å². The van der Waals surface area contributed by atoms with Gasteiger partial charge in [0, 0.05) is 10.6 Å². The third-order valence-corrected chi connectivity index (χ3v) is 3.07. The number of nitrogens with zero attached hydrogens (tertiary/aromatic N) is 1. The van der Waals surface area contributed by atoms with Gasteiger partial charge in [-0.25, -0.2) is 4.39 Å². The Bertz CT molecular complexity index is 549. The van der Waals surface area contributed by atoms with Gasteiger partial charge >= 0.3 is 6.18 Å². The normalized spacial score (nSPS) is 11.8. The van der Waals surface area contributed by atoms with Gasteiger partial charge in [-0.1, -0.05) is 11.6 Å². The lowest BCUT2D eigenvalue weighted by atomic mass is 10.1. The molecule has 0 atom stereocenters. The van der Waals surface area contributed by atoms with Crippen LogP contribution in [0.15, 0.2) is 24.3 Å². The fraction of sp³-hybridized carbons (Fsp3) is 0.100. The average molecular weight is 282 g/mol. The van der Waals surface area contributed by atoms with E-state index in [9.17, 15) is 17.6 Å². The highest BCUT2D eigenvalue weighted by molar-refractivity contribution is 7.06. The second-order valence-electron chi connectivity index (χ2n) is 3.20. The molecule has 0 aliphatic heterocycles. The third-order valence-electron chi connectivity index (χ3n) is 2.00. The van der Waals surface area contributed by atoms with Crippen molar-refractivity contribution in [2.45, 2.75) is 6.18 Å². The van der Waals surface area contributed by atoms with Gasteiger partial charge in [-0.15, -0.1) is 0 Å². The number of alkyl halides is 3. The van der Waals surface area contributed by atoms with Crippen LogP contribution in [0.4, 0.5) is 17.6 Å². The Morgan fingerprint density at radius 3 is 2.41 bits per heavy atom. The summed E-state index contributed by atoms with van der Waals surface area (Å²) in [6, 6.07) is 4.54. The van der Waals surface area contributed by atoms with Crippen LogP contribution in [0.25, 0.3) is 11.3 Å². The molecule has 1 heterocycles. The Morgan fingerprint density at radius 1 is 1.18 bits per heavy atom. The van der Waals surface area contributed by atoms with Crippen LogP contribution in [-0.2, 0) is 6.18 Å². The molecule has 1 aromatic carbocycles. The van der Waals surface area contributed by atoms with Gasteiger partial charge in [0.05, 0.1) is 5.69 Å². The maximum atomic E-state index is 13.4. The summed E-state index contributed by atoms with van der Waals surface area (Å²) in [5.41, 5.74) is -0.0439. The summed E-state index contributed by atoms with van der Waals surface area (Å²) in [4.78, 5) is -0.859. The fourth-order valence-corrected chi connectivity index (χ4v) is 2.01. The van der Waals surface area contributed by atoms with E-state index in [2.05, 4.69) is 4.37 Å². The molecule has 0 unspecified atom stereocenters. The van der Waals surface area contributed by atoms with Crippen molar-refractivity contribution < 1.29 is 17.6 Å². The third kappa shape index (κ3) is 2.58. The number of hydrogen-bond acceptors (Lipinski definition) is 2. The second kappa shape index (κ2) is 4.27. The van der Waals surface area contributed by atoms with Crippen LogP contribution in [0.1, 0.15) is 4.88 Å². The minimum Gasteiger partial charge on any atom is -0.206 e. The van der Waals surface area contributed by atoms with Crippen molar-refractivity contribution in [3.63, 3.8) is 0 Å². The van der Waals surface area contributed by atoms with Gasteiger partial charge in [0.25, 0.3) is 0 Å². The van der Waals surface area contributed by atoms with Crippen molar-refractivity contribution in [3.05, 3.63) is 40.0 Å². The SMILES string of the molecule is Fc1cc(Cl)ccc1-c1cc(C(F)(F)F)sn1. The van der Waals surface area contributed by atoms with Crippen LogP contribution in [0.2, 0.25) is 5.02 Å². The van der Waals surface area contributed by atoms with Gasteiger partial charge in [-0.05, 0) is 35.8 Å². The van der Waals surface area contributed by atoms with Crippen LogP contribution in [0.3, 0.4) is 0 Å². The molecule has 0 aliphatic rings. The Morgan fingerprint density at radius 2 is 1.88 bits per heavy atom. The van der Waals surface area contributed by atoms with Crippen LogP contribution in [0, 0.1) is 5.82 Å². The summed E-state index contributed by atoms with van der Waals surface area (Å²) in [6.45, 7) is 0. The van der Waals surface area contributed by atoms with Crippen molar-refractivity contribution in [3.8, 4) is 11.3 Å². The number of benzene rings is 1. The summed E-state index contributed by atoms with van der Waals surface area (Å²) in [6.07, 6.45) is -4.46. The molecular formula is C10H4ClF4NS. The molecule has 0 bridgehead atoms. The van der Waals surface area contributed by atoms with Crippen LogP contribution in [0.5, 0.6) is 0 Å². The Hall–Kier alpha value is -1.14. The van der Waals surface area contributed by atoms with Crippen molar-refractivity contribution in [2.75, 3.05) is 0 Å². The standard InChI is InChI=1S/C10H4ClF4NS/c11-5-1-2-6(7(12)3-5)8-4-9(17-16-8)10(13,14)15/h1-4H. The molecule has 0 N–H and O–H groups in total. The van der Waals surface area contributed by atoms with E-state index in [1.807, 2.05) is 0 Å². The van der Waals surface area contributed by atoms with E-state index in [1.54, 1.807) is 0 Å². The molecule has 0 amide bonds. The minimum atomic E-state index is -4.46. The summed E-state index contributed by atoms with van der Waals surface area (Å²) < 4.78 is 54.0. The maximum Gasteiger partial charge on any atom is 0.427 e. The molecule has 90 valence electrons. The van der Waals surface area contributed by atoms with Crippen molar-refractivity contribution in [2.24, 2.45) is 0 Å². The number of aromatic nitrogens is 1. The van der Waals surface area contributed by atoms with E-state index in [-0.39, 0.29) is 27.8 Å². The van der Waals surface area contributed by atoms with Crippen LogP contribution in [-0.4, -0.2) is 4.37 Å². The van der Waals surface area contributed by atoms with Gasteiger partial charge in [-0.2, -0.15) is 17.5 Å². The first-order valence-electron chi connectivity index (χ1n) is 4.37. The molecule has 2 aromatic rings. The van der Waals surface area contributed by atoms with Crippen molar-refractivity contribution in [1.29, 1.82) is 0 Å². The molecule has 0 saturated carbocycles. The Labute approximate surface area is 103 Å². The van der Waals surface area contributed by atoms with Gasteiger partial charge in [0.2, 0.25) is 0 Å². The van der Waals surface area contributed by atoms with E-state index < -0.39 is 16.9 Å². The molecule has 17 heavy (non-hydrogen) atoms. The lowest BCUT2D eigenvalue weighted by molar-refractivity contribution is -0.134. The highest BCUT2D eigenvalue weighted by Crippen LogP contribution is 2.35. The molecule has 1 aromatic heterocycles. The van der Waals surface area contributed by atoms with E-state index in [0.717, 1.165) is 12.1 Å². The fourth-order valence-electron chi connectivity index (χ4n) is 1.23. The minimum absolute atomic E-state index is 0.00106. The van der Waals surface area contributed by atoms with Crippen LogP contribution < -0.4 is 0 Å². The second-order valence-corrected chi connectivity index (χ2v) is 4.44. The number of rotatable bonds is 1. The highest BCUT2D eigenvalue weighted by Gasteiger charge is 2.33. The molecule has 0 spiro atoms. The van der Waals surface area contributed by atoms with Gasteiger partial charge in [0.1, 0.15) is 10.7 Å². The first kappa shape index (κ1) is 12.3. The van der Waals surface area contributed by atoms with Crippen molar-refractivity contribution >= 4 is 23.1 Å². The first-order valence-corrected chi connectivity index (χ1v) is 5.52. The number of halogens is 5. The molecular weight excluding hydrogens is 278 g/mol. The highest BCUT2D eigenvalue weighted by atomic mass is 35.5. The molecule has 1 nitrogen and oxygen atoms in total. The monoisotopic (exact) mass is 281 g/mol. The summed E-state index contributed by atoms with van der Waals surface area (Å²) in [7, 11) is 0. The molecule has 2 rings (SSSR count). The maximum absolute atomic E-state index is 13.4. The zero-order valence-electron chi connectivity index (χ0n) is 8.05. The van der Waals surface area contributed by atoms with Crippen molar-refractivity contribution in [1.82, 2.24) is 4.37 Å². The van der Waals surface area contributed by atoms with Crippen LogP contribution >= 0.6 is 23.1 Å². The molecule has 7 heteroatoms. The predicted molar refractivity (Wildman–Crippen MR) is 57.5 cm³/mol.